The third kappa shape index (κ3) is 7.39. The molecule has 2 amide bonds. The smallest absolute Gasteiger partial charge is 0.404 e. The van der Waals surface area contributed by atoms with E-state index in [1.807, 2.05) is 56.6 Å². The minimum Gasteiger partial charge on any atom is -0.465 e. The molecule has 0 saturated heterocycles. The number of aromatic nitrogens is 2. The van der Waals surface area contributed by atoms with Crippen LogP contribution >= 0.6 is 0 Å². The summed E-state index contributed by atoms with van der Waals surface area (Å²) in [5.41, 5.74) is 2.94. The van der Waals surface area contributed by atoms with Crippen molar-refractivity contribution < 1.29 is 14.7 Å². The number of nitrogens with one attached hydrogen (secondary N) is 3. The van der Waals surface area contributed by atoms with Crippen LogP contribution in [-0.2, 0) is 0 Å². The van der Waals surface area contributed by atoms with Gasteiger partial charge in [-0.3, -0.25) is 4.79 Å². The molecule has 9 nitrogen and oxygen atoms in total. The minimum absolute atomic E-state index is 0.107. The standard InChI is InChI=1S/C28H36N6O3/c1-34(2)14-13-29-26-12-11-21(18-30-26)25-15-23(22-5-3-4-6-24(22)33-25)27(35)31-16-19-7-9-20(10-8-19)17-32-28(36)37/h3-6,11-12,15,18-20,32H,7-10,13-14,16-17H2,1-2H3,(H,29,30)(H,31,35)(H,36,37). The van der Waals surface area contributed by atoms with Crippen LogP contribution in [0.2, 0.25) is 0 Å². The Hall–Kier alpha value is -3.72. The second-order valence-corrected chi connectivity index (χ2v) is 10.0. The number of carboxylic acid groups (broad SMARTS) is 1. The summed E-state index contributed by atoms with van der Waals surface area (Å²) in [6, 6.07) is 13.5. The maximum atomic E-state index is 13.3. The van der Waals surface area contributed by atoms with Crippen molar-refractivity contribution in [1.82, 2.24) is 25.5 Å². The van der Waals surface area contributed by atoms with E-state index in [2.05, 4.69) is 25.8 Å². The van der Waals surface area contributed by atoms with Crippen LogP contribution in [-0.4, -0.2) is 72.2 Å². The number of hydrogen-bond acceptors (Lipinski definition) is 6. The van der Waals surface area contributed by atoms with E-state index in [1.165, 1.54) is 0 Å². The summed E-state index contributed by atoms with van der Waals surface area (Å²) in [6.07, 6.45) is 4.72. The molecule has 0 atom stereocenters. The van der Waals surface area contributed by atoms with Gasteiger partial charge in [-0.1, -0.05) is 18.2 Å². The summed E-state index contributed by atoms with van der Waals surface area (Å²) in [6.45, 7) is 2.83. The van der Waals surface area contributed by atoms with E-state index < -0.39 is 6.09 Å². The first-order chi connectivity index (χ1) is 17.9. The van der Waals surface area contributed by atoms with E-state index >= 15 is 0 Å². The summed E-state index contributed by atoms with van der Waals surface area (Å²) >= 11 is 0. The first kappa shape index (κ1) is 26.3. The molecule has 0 spiro atoms. The number of hydrogen-bond donors (Lipinski definition) is 4. The van der Waals surface area contributed by atoms with Gasteiger partial charge < -0.3 is 26.0 Å². The number of carbonyl (C=O) groups is 2. The normalized spacial score (nSPS) is 17.5. The molecule has 4 rings (SSSR count). The zero-order valence-electron chi connectivity index (χ0n) is 21.5. The second kappa shape index (κ2) is 12.5. The maximum absolute atomic E-state index is 13.3. The SMILES string of the molecule is CN(C)CCNc1ccc(-c2cc(C(=O)NCC3CCC(CNC(=O)O)CC3)c3ccccc3n2)cn1. The molecule has 3 aromatic rings. The topological polar surface area (TPSA) is 119 Å². The summed E-state index contributed by atoms with van der Waals surface area (Å²) in [7, 11) is 4.06. The Morgan fingerprint density at radius 1 is 1.00 bits per heavy atom. The quantitative estimate of drug-likeness (QED) is 0.328. The van der Waals surface area contributed by atoms with E-state index in [-0.39, 0.29) is 5.91 Å². The molecule has 2 aromatic heterocycles. The molecule has 1 saturated carbocycles. The number of likely N-dealkylation sites (N-methyl/N-ethyl adjacent to an activating group) is 1. The van der Waals surface area contributed by atoms with Crippen LogP contribution in [0.3, 0.4) is 0 Å². The Balaban J connectivity index is 1.42. The molecule has 4 N–H and O–H groups in total. The Labute approximate surface area is 217 Å². The van der Waals surface area contributed by atoms with Gasteiger partial charge in [0.2, 0.25) is 0 Å². The highest BCUT2D eigenvalue weighted by Gasteiger charge is 2.23. The maximum Gasteiger partial charge on any atom is 0.404 e. The predicted molar refractivity (Wildman–Crippen MR) is 146 cm³/mol. The van der Waals surface area contributed by atoms with Gasteiger partial charge in [-0.15, -0.1) is 0 Å². The summed E-state index contributed by atoms with van der Waals surface area (Å²) in [4.78, 5) is 35.5. The van der Waals surface area contributed by atoms with Crippen molar-refractivity contribution in [1.29, 1.82) is 0 Å². The van der Waals surface area contributed by atoms with Crippen molar-refractivity contribution in [3.8, 4) is 11.3 Å². The number of anilines is 1. The third-order valence-electron chi connectivity index (χ3n) is 6.94. The minimum atomic E-state index is -0.971. The molecule has 0 aliphatic heterocycles. The van der Waals surface area contributed by atoms with Crippen LogP contribution in [0.15, 0.2) is 48.7 Å². The third-order valence-corrected chi connectivity index (χ3v) is 6.94. The van der Waals surface area contributed by atoms with Gasteiger partial charge in [0.1, 0.15) is 5.82 Å². The molecule has 0 unspecified atom stereocenters. The lowest BCUT2D eigenvalue weighted by molar-refractivity contribution is 0.0942. The highest BCUT2D eigenvalue weighted by atomic mass is 16.4. The van der Waals surface area contributed by atoms with Crippen LogP contribution < -0.4 is 16.0 Å². The monoisotopic (exact) mass is 504 g/mol. The summed E-state index contributed by atoms with van der Waals surface area (Å²) < 4.78 is 0. The fourth-order valence-electron chi connectivity index (χ4n) is 4.77. The Kier molecular flexibility index (Phi) is 8.90. The number of nitrogens with zero attached hydrogens (tertiary/aromatic N) is 3. The molecule has 0 radical (unpaired) electrons. The molecule has 196 valence electrons. The van der Waals surface area contributed by atoms with E-state index in [0.717, 1.165) is 61.1 Å². The first-order valence-corrected chi connectivity index (χ1v) is 12.9. The molecule has 1 aromatic carbocycles. The van der Waals surface area contributed by atoms with Gasteiger partial charge in [-0.25, -0.2) is 14.8 Å². The van der Waals surface area contributed by atoms with Gasteiger partial charge in [0, 0.05) is 43.3 Å². The van der Waals surface area contributed by atoms with E-state index in [0.29, 0.717) is 36.2 Å². The Morgan fingerprint density at radius 3 is 2.35 bits per heavy atom. The highest BCUT2D eigenvalue weighted by molar-refractivity contribution is 6.07. The number of rotatable bonds is 10. The number of benzene rings is 1. The van der Waals surface area contributed by atoms with Gasteiger partial charge in [-0.2, -0.15) is 0 Å². The van der Waals surface area contributed by atoms with E-state index in [9.17, 15) is 9.59 Å². The van der Waals surface area contributed by atoms with Gasteiger partial charge in [0.25, 0.3) is 5.91 Å². The summed E-state index contributed by atoms with van der Waals surface area (Å²) in [5.74, 6) is 1.47. The second-order valence-electron chi connectivity index (χ2n) is 10.0. The zero-order valence-corrected chi connectivity index (χ0v) is 21.5. The van der Waals surface area contributed by atoms with Crippen LogP contribution in [0.5, 0.6) is 0 Å². The van der Waals surface area contributed by atoms with Crippen LogP contribution in [0.4, 0.5) is 10.6 Å². The number of pyridine rings is 2. The lowest BCUT2D eigenvalue weighted by Crippen LogP contribution is -2.34. The van der Waals surface area contributed by atoms with Gasteiger partial charge in [0.15, 0.2) is 0 Å². The number of carbonyl (C=O) groups excluding carboxylic acids is 1. The molecule has 9 heteroatoms. The largest absolute Gasteiger partial charge is 0.465 e. The summed E-state index contributed by atoms with van der Waals surface area (Å²) in [5, 5.41) is 18.6. The van der Waals surface area contributed by atoms with E-state index in [4.69, 9.17) is 10.1 Å². The number of para-hydroxylation sites is 1. The van der Waals surface area contributed by atoms with Crippen molar-refractivity contribution in [3.63, 3.8) is 0 Å². The number of amides is 2. The Bertz CT molecular complexity index is 1210. The predicted octanol–water partition coefficient (Wildman–Crippen LogP) is 4.07. The van der Waals surface area contributed by atoms with Crippen LogP contribution in [0.1, 0.15) is 36.0 Å². The highest BCUT2D eigenvalue weighted by Crippen LogP contribution is 2.29. The van der Waals surface area contributed by atoms with Crippen molar-refractivity contribution in [2.24, 2.45) is 11.8 Å². The number of fused-ring (bicyclic) bond motifs is 1. The first-order valence-electron chi connectivity index (χ1n) is 12.9. The molecule has 37 heavy (non-hydrogen) atoms. The van der Waals surface area contributed by atoms with Gasteiger partial charge in [0.05, 0.1) is 16.8 Å². The lowest BCUT2D eigenvalue weighted by Gasteiger charge is -2.28. The van der Waals surface area contributed by atoms with Crippen molar-refractivity contribution in [2.75, 3.05) is 45.6 Å². The molecule has 1 aliphatic carbocycles. The van der Waals surface area contributed by atoms with Crippen LogP contribution in [0, 0.1) is 11.8 Å². The van der Waals surface area contributed by atoms with Gasteiger partial charge >= 0.3 is 6.09 Å². The zero-order chi connectivity index (χ0) is 26.2. The molecular formula is C28H36N6O3. The average Bonchev–Trinajstić information content (AvgIpc) is 2.90. The van der Waals surface area contributed by atoms with Crippen molar-refractivity contribution in [3.05, 3.63) is 54.2 Å². The molecular weight excluding hydrogens is 468 g/mol. The van der Waals surface area contributed by atoms with Crippen molar-refractivity contribution in [2.45, 2.75) is 25.7 Å². The van der Waals surface area contributed by atoms with E-state index in [1.54, 1.807) is 6.20 Å². The molecule has 1 aliphatic rings. The van der Waals surface area contributed by atoms with Gasteiger partial charge in [-0.05, 0) is 75.9 Å². The molecule has 1 fully saturated rings. The molecule has 2 heterocycles. The average molecular weight is 505 g/mol. The Morgan fingerprint density at radius 2 is 1.70 bits per heavy atom. The molecule has 0 bridgehead atoms. The van der Waals surface area contributed by atoms with Crippen molar-refractivity contribution >= 4 is 28.7 Å². The van der Waals surface area contributed by atoms with Crippen LogP contribution in [0.25, 0.3) is 22.2 Å². The lowest BCUT2D eigenvalue weighted by atomic mass is 9.82. The fourth-order valence-corrected chi connectivity index (χ4v) is 4.77. The fraction of sp³-hybridized carbons (Fsp3) is 0.429.